The summed E-state index contributed by atoms with van der Waals surface area (Å²) in [6.07, 6.45) is 0.642. The van der Waals surface area contributed by atoms with Gasteiger partial charge in [0, 0.05) is 23.2 Å². The van der Waals surface area contributed by atoms with Gasteiger partial charge in [-0.05, 0) is 67.9 Å². The quantitative estimate of drug-likeness (QED) is 0.472. The number of ether oxygens (including phenoxy) is 2. The number of phenols is 1. The van der Waals surface area contributed by atoms with Gasteiger partial charge in [0.25, 0.3) is 5.91 Å². The van der Waals surface area contributed by atoms with E-state index in [-0.39, 0.29) is 22.5 Å². The lowest BCUT2D eigenvalue weighted by Crippen LogP contribution is -2.39. The second-order valence-electron chi connectivity index (χ2n) is 11.4. The number of carbonyl (C=O) groups excluding carboxylic acids is 2. The molecule has 1 amide bonds. The molecule has 0 unspecified atom stereocenters. The molecule has 6 nitrogen and oxygen atoms in total. The molecule has 35 heavy (non-hydrogen) atoms. The third kappa shape index (κ3) is 7.48. The number of carbonyl (C=O) groups is 2. The smallest absolute Gasteiger partial charge is 0.349 e. The Morgan fingerprint density at radius 2 is 1.40 bits per heavy atom. The van der Waals surface area contributed by atoms with E-state index in [1.54, 1.807) is 32.9 Å². The largest absolute Gasteiger partial charge is 0.507 e. The normalized spacial score (nSPS) is 12.3. The average molecular weight is 484 g/mol. The first-order valence-corrected chi connectivity index (χ1v) is 12.2. The maximum atomic E-state index is 13.0. The van der Waals surface area contributed by atoms with Crippen molar-refractivity contribution in [1.82, 2.24) is 5.32 Å². The number of phenolic OH excluding ortho intramolecular Hbond substituents is 1. The maximum Gasteiger partial charge on any atom is 0.349 e. The van der Waals surface area contributed by atoms with Crippen LogP contribution in [0.3, 0.4) is 0 Å². The van der Waals surface area contributed by atoms with Gasteiger partial charge in [0.2, 0.25) is 0 Å². The number of amides is 1. The van der Waals surface area contributed by atoms with Crippen LogP contribution < -0.4 is 10.1 Å². The Labute approximate surface area is 210 Å². The third-order valence-corrected chi connectivity index (χ3v) is 5.75. The van der Waals surface area contributed by atoms with Gasteiger partial charge in [0.1, 0.15) is 11.5 Å². The monoisotopic (exact) mass is 483 g/mol. The summed E-state index contributed by atoms with van der Waals surface area (Å²) in [6, 6.07) is 11.0. The Kier molecular flexibility index (Phi) is 8.64. The Hall–Kier alpha value is -3.02. The third-order valence-electron chi connectivity index (χ3n) is 5.75. The molecule has 2 rings (SSSR count). The number of nitrogens with one attached hydrogen (secondary N) is 1. The molecule has 0 radical (unpaired) electrons. The van der Waals surface area contributed by atoms with Gasteiger partial charge in [0.15, 0.2) is 5.60 Å². The molecule has 0 aliphatic heterocycles. The number of benzene rings is 2. The Morgan fingerprint density at radius 3 is 1.86 bits per heavy atom. The van der Waals surface area contributed by atoms with E-state index in [2.05, 4.69) is 5.32 Å². The van der Waals surface area contributed by atoms with Crippen molar-refractivity contribution in [2.75, 3.05) is 13.2 Å². The number of hydrogen-bond acceptors (Lipinski definition) is 5. The van der Waals surface area contributed by atoms with Crippen LogP contribution in [-0.4, -0.2) is 35.7 Å². The first-order valence-electron chi connectivity index (χ1n) is 12.2. The number of esters is 1. The molecule has 0 bridgehead atoms. The summed E-state index contributed by atoms with van der Waals surface area (Å²) in [7, 11) is 0. The van der Waals surface area contributed by atoms with Crippen molar-refractivity contribution in [3.05, 3.63) is 58.7 Å². The molecule has 0 saturated carbocycles. The van der Waals surface area contributed by atoms with Crippen molar-refractivity contribution in [3.8, 4) is 11.5 Å². The molecule has 0 aliphatic rings. The summed E-state index contributed by atoms with van der Waals surface area (Å²) < 4.78 is 10.8. The van der Waals surface area contributed by atoms with Gasteiger partial charge < -0.3 is 19.9 Å². The summed E-state index contributed by atoms with van der Waals surface area (Å²) in [5.41, 5.74) is 1.42. The van der Waals surface area contributed by atoms with E-state index >= 15 is 0 Å². The number of aromatic hydroxyl groups is 1. The highest BCUT2D eigenvalue weighted by atomic mass is 16.6. The minimum Gasteiger partial charge on any atom is -0.507 e. The highest BCUT2D eigenvalue weighted by Crippen LogP contribution is 2.39. The van der Waals surface area contributed by atoms with Crippen LogP contribution in [0, 0.1) is 0 Å². The molecular formula is C29H41NO5. The van der Waals surface area contributed by atoms with Crippen LogP contribution >= 0.6 is 0 Å². The Balaban J connectivity index is 2.07. The van der Waals surface area contributed by atoms with E-state index in [1.807, 2.05) is 65.8 Å². The zero-order chi connectivity index (χ0) is 26.6. The molecule has 0 aromatic heterocycles. The summed E-state index contributed by atoms with van der Waals surface area (Å²) in [4.78, 5) is 25.0. The lowest BCUT2D eigenvalue weighted by molar-refractivity contribution is -0.158. The standard InChI is InChI=1S/C29H41NO5/c1-10-34-26(33)29(8,9)35-21-13-11-19(12-14-21)15-16-30-25(32)20-17-22(27(2,3)4)24(31)23(18-20)28(5,6)7/h11-14,17-18,31H,10,15-16H2,1-9H3,(H,30,32). The minimum absolute atomic E-state index is 0.169. The van der Waals surface area contributed by atoms with Crippen molar-refractivity contribution < 1.29 is 24.2 Å². The summed E-state index contributed by atoms with van der Waals surface area (Å²) in [5.74, 6) is 0.252. The zero-order valence-electron chi connectivity index (χ0n) is 22.7. The molecule has 2 aromatic rings. The fourth-order valence-electron chi connectivity index (χ4n) is 3.70. The number of rotatable bonds is 8. The molecule has 0 atom stereocenters. The fraction of sp³-hybridized carbons (Fsp3) is 0.517. The van der Waals surface area contributed by atoms with Crippen molar-refractivity contribution in [2.24, 2.45) is 0 Å². The molecule has 192 valence electrons. The lowest BCUT2D eigenvalue weighted by Gasteiger charge is -2.28. The van der Waals surface area contributed by atoms with E-state index in [0.29, 0.717) is 30.9 Å². The maximum absolute atomic E-state index is 13.0. The summed E-state index contributed by atoms with van der Waals surface area (Å²) in [5, 5.41) is 13.9. The van der Waals surface area contributed by atoms with Gasteiger partial charge >= 0.3 is 5.97 Å². The van der Waals surface area contributed by atoms with Crippen LogP contribution in [0.5, 0.6) is 11.5 Å². The molecule has 0 fully saturated rings. The average Bonchev–Trinajstić information content (AvgIpc) is 2.73. The highest BCUT2D eigenvalue weighted by molar-refractivity contribution is 5.95. The van der Waals surface area contributed by atoms with Gasteiger partial charge in [-0.15, -0.1) is 0 Å². The Morgan fingerprint density at radius 1 is 0.886 bits per heavy atom. The SMILES string of the molecule is CCOC(=O)C(C)(C)Oc1ccc(CCNC(=O)c2cc(C(C)(C)C)c(O)c(C(C)(C)C)c2)cc1. The van der Waals surface area contributed by atoms with E-state index < -0.39 is 11.6 Å². The molecule has 0 spiro atoms. The van der Waals surface area contributed by atoms with Crippen LogP contribution in [0.4, 0.5) is 0 Å². The zero-order valence-corrected chi connectivity index (χ0v) is 22.7. The summed E-state index contributed by atoms with van der Waals surface area (Å²) >= 11 is 0. The van der Waals surface area contributed by atoms with Crippen molar-refractivity contribution >= 4 is 11.9 Å². The Bertz CT molecular complexity index is 1010. The van der Waals surface area contributed by atoms with E-state index in [9.17, 15) is 14.7 Å². The van der Waals surface area contributed by atoms with Crippen LogP contribution in [0.15, 0.2) is 36.4 Å². The predicted molar refractivity (Wildman–Crippen MR) is 139 cm³/mol. The van der Waals surface area contributed by atoms with Crippen molar-refractivity contribution in [1.29, 1.82) is 0 Å². The predicted octanol–water partition coefficient (Wildman–Crippen LogP) is 5.68. The molecule has 0 saturated heterocycles. The second-order valence-corrected chi connectivity index (χ2v) is 11.4. The molecule has 0 aliphatic carbocycles. The van der Waals surface area contributed by atoms with Gasteiger partial charge in [0.05, 0.1) is 6.61 Å². The molecule has 0 heterocycles. The van der Waals surface area contributed by atoms with E-state index in [4.69, 9.17) is 9.47 Å². The van der Waals surface area contributed by atoms with Crippen molar-refractivity contribution in [3.63, 3.8) is 0 Å². The van der Waals surface area contributed by atoms with Crippen LogP contribution in [-0.2, 0) is 26.8 Å². The van der Waals surface area contributed by atoms with E-state index in [1.165, 1.54) is 0 Å². The first-order chi connectivity index (χ1) is 16.1. The second kappa shape index (κ2) is 10.7. The van der Waals surface area contributed by atoms with Crippen LogP contribution in [0.1, 0.15) is 89.4 Å². The van der Waals surface area contributed by atoms with Gasteiger partial charge in [-0.25, -0.2) is 4.79 Å². The van der Waals surface area contributed by atoms with Gasteiger partial charge in [-0.3, -0.25) is 4.79 Å². The lowest BCUT2D eigenvalue weighted by atomic mass is 9.78. The van der Waals surface area contributed by atoms with Crippen LogP contribution in [0.25, 0.3) is 0 Å². The first kappa shape index (κ1) is 28.2. The molecule has 6 heteroatoms. The molecule has 2 N–H and O–H groups in total. The number of hydrogen-bond donors (Lipinski definition) is 2. The van der Waals surface area contributed by atoms with Crippen LogP contribution in [0.2, 0.25) is 0 Å². The molecule has 2 aromatic carbocycles. The highest BCUT2D eigenvalue weighted by Gasteiger charge is 2.31. The topological polar surface area (TPSA) is 84.9 Å². The van der Waals surface area contributed by atoms with Gasteiger partial charge in [-0.2, -0.15) is 0 Å². The van der Waals surface area contributed by atoms with Crippen molar-refractivity contribution in [2.45, 2.75) is 85.2 Å². The molecular weight excluding hydrogens is 442 g/mol. The fourth-order valence-corrected chi connectivity index (χ4v) is 3.70. The van der Waals surface area contributed by atoms with E-state index in [0.717, 1.165) is 16.7 Å². The minimum atomic E-state index is -1.08. The summed E-state index contributed by atoms with van der Waals surface area (Å²) in [6.45, 7) is 18.0. The van der Waals surface area contributed by atoms with Gasteiger partial charge in [-0.1, -0.05) is 53.7 Å².